The van der Waals surface area contributed by atoms with Crippen molar-refractivity contribution in [2.75, 3.05) is 13.2 Å². The van der Waals surface area contributed by atoms with Gasteiger partial charge in [-0.25, -0.2) is 8.42 Å². The summed E-state index contributed by atoms with van der Waals surface area (Å²) in [6.45, 7) is 3.44. The summed E-state index contributed by atoms with van der Waals surface area (Å²) in [7, 11) is -3.92. The molecule has 2 aromatic carbocycles. The van der Waals surface area contributed by atoms with Crippen LogP contribution < -0.4 is 0 Å². The van der Waals surface area contributed by atoms with Gasteiger partial charge in [0, 0.05) is 6.54 Å². The molecule has 2 aromatic rings. The largest absolute Gasteiger partial charge is 0.465 e. The number of hydrogen-bond acceptors (Lipinski definition) is 5. The van der Waals surface area contributed by atoms with Gasteiger partial charge in [0.15, 0.2) is 0 Å². The molecule has 0 atom stereocenters. The van der Waals surface area contributed by atoms with Crippen molar-refractivity contribution in [1.29, 1.82) is 5.26 Å². The fourth-order valence-corrected chi connectivity index (χ4v) is 3.70. The first-order valence-electron chi connectivity index (χ1n) is 8.08. The molecule has 0 saturated carbocycles. The van der Waals surface area contributed by atoms with Crippen LogP contribution in [0.4, 0.5) is 0 Å². The minimum absolute atomic E-state index is 0.0212. The molecule has 0 heterocycles. The third-order valence-corrected chi connectivity index (χ3v) is 5.52. The summed E-state index contributed by atoms with van der Waals surface area (Å²) >= 11 is 0. The SMILES string of the molecule is CCOC(=O)CN(Cc1ccc(C)cc1)S(=O)(=O)c1ccc(C#N)cc1. The minimum Gasteiger partial charge on any atom is -0.465 e. The van der Waals surface area contributed by atoms with Gasteiger partial charge in [0.05, 0.1) is 23.1 Å². The first kappa shape index (κ1) is 19.6. The second-order valence-electron chi connectivity index (χ2n) is 5.70. The average molecular weight is 372 g/mol. The second-order valence-corrected chi connectivity index (χ2v) is 7.64. The maximum Gasteiger partial charge on any atom is 0.321 e. The predicted octanol–water partition coefficient (Wildman–Crippen LogP) is 2.62. The summed E-state index contributed by atoms with van der Waals surface area (Å²) in [6.07, 6.45) is 0. The summed E-state index contributed by atoms with van der Waals surface area (Å²) in [5.74, 6) is -0.614. The smallest absolute Gasteiger partial charge is 0.321 e. The predicted molar refractivity (Wildman–Crippen MR) is 96.6 cm³/mol. The highest BCUT2D eigenvalue weighted by Crippen LogP contribution is 2.19. The molecule has 0 fully saturated rings. The number of rotatable bonds is 7. The molecular formula is C19H20N2O4S. The van der Waals surface area contributed by atoms with Crippen LogP contribution in [0.2, 0.25) is 0 Å². The molecule has 0 spiro atoms. The van der Waals surface area contributed by atoms with Crippen LogP contribution >= 0.6 is 0 Å². The van der Waals surface area contributed by atoms with E-state index >= 15 is 0 Å². The summed E-state index contributed by atoms with van der Waals surface area (Å²) in [5.41, 5.74) is 2.18. The van der Waals surface area contributed by atoms with Crippen molar-refractivity contribution in [1.82, 2.24) is 4.31 Å². The van der Waals surface area contributed by atoms with Crippen LogP contribution in [-0.4, -0.2) is 31.8 Å². The van der Waals surface area contributed by atoms with Crippen LogP contribution in [0.1, 0.15) is 23.6 Å². The number of sulfonamides is 1. The molecule has 0 aromatic heterocycles. The van der Waals surface area contributed by atoms with Gasteiger partial charge in [-0.1, -0.05) is 29.8 Å². The standard InChI is InChI=1S/C19H20N2O4S/c1-3-25-19(22)14-21(13-17-6-4-15(2)5-7-17)26(23,24)18-10-8-16(12-20)9-11-18/h4-11H,3,13-14H2,1-2H3. The van der Waals surface area contributed by atoms with E-state index in [1.54, 1.807) is 6.92 Å². The Morgan fingerprint density at radius 3 is 2.27 bits per heavy atom. The Kier molecular flexibility index (Phi) is 6.50. The molecule has 0 radical (unpaired) electrons. The highest BCUT2D eigenvalue weighted by atomic mass is 32.2. The van der Waals surface area contributed by atoms with Gasteiger partial charge < -0.3 is 4.74 Å². The third-order valence-electron chi connectivity index (χ3n) is 3.71. The summed E-state index contributed by atoms with van der Waals surface area (Å²) in [5, 5.41) is 8.86. The molecule has 0 unspecified atom stereocenters. The van der Waals surface area contributed by atoms with E-state index < -0.39 is 16.0 Å². The third kappa shape index (κ3) is 4.91. The van der Waals surface area contributed by atoms with Crippen molar-refractivity contribution in [3.8, 4) is 6.07 Å². The molecule has 136 valence electrons. The Labute approximate surface area is 153 Å². The minimum atomic E-state index is -3.92. The van der Waals surface area contributed by atoms with E-state index in [0.29, 0.717) is 5.56 Å². The van der Waals surface area contributed by atoms with Crippen LogP contribution in [0.3, 0.4) is 0 Å². The van der Waals surface area contributed by atoms with E-state index in [4.69, 9.17) is 10.00 Å². The van der Waals surface area contributed by atoms with Crippen LogP contribution in [0.15, 0.2) is 53.4 Å². The molecule has 0 aliphatic heterocycles. The maximum atomic E-state index is 13.0. The lowest BCUT2D eigenvalue weighted by Gasteiger charge is -2.21. The number of benzene rings is 2. The second kappa shape index (κ2) is 8.61. The zero-order valence-corrected chi connectivity index (χ0v) is 15.5. The topological polar surface area (TPSA) is 87.5 Å². The van der Waals surface area contributed by atoms with Crippen molar-refractivity contribution in [3.05, 3.63) is 65.2 Å². The number of nitriles is 1. The number of nitrogens with zero attached hydrogens (tertiary/aromatic N) is 2. The van der Waals surface area contributed by atoms with Gasteiger partial charge in [-0.15, -0.1) is 0 Å². The molecule has 0 amide bonds. The van der Waals surface area contributed by atoms with Gasteiger partial charge in [0.1, 0.15) is 6.54 Å². The van der Waals surface area contributed by atoms with Crippen LogP contribution in [-0.2, 0) is 26.1 Å². The van der Waals surface area contributed by atoms with E-state index in [9.17, 15) is 13.2 Å². The molecule has 7 heteroatoms. The quantitative estimate of drug-likeness (QED) is 0.697. The zero-order chi connectivity index (χ0) is 19.2. The monoisotopic (exact) mass is 372 g/mol. The van der Waals surface area contributed by atoms with Crippen LogP contribution in [0.5, 0.6) is 0 Å². The molecule has 6 nitrogen and oxygen atoms in total. The lowest BCUT2D eigenvalue weighted by molar-refractivity contribution is -0.143. The van der Waals surface area contributed by atoms with E-state index in [0.717, 1.165) is 15.4 Å². The summed E-state index contributed by atoms with van der Waals surface area (Å²) in [6, 6.07) is 14.9. The summed E-state index contributed by atoms with van der Waals surface area (Å²) < 4.78 is 31.9. The number of esters is 1. The van der Waals surface area contributed by atoms with Gasteiger partial charge in [-0.05, 0) is 43.7 Å². The van der Waals surface area contributed by atoms with E-state index in [1.165, 1.54) is 24.3 Å². The van der Waals surface area contributed by atoms with Crippen molar-refractivity contribution in [3.63, 3.8) is 0 Å². The Bertz CT molecular complexity index is 898. The molecule has 26 heavy (non-hydrogen) atoms. The first-order chi connectivity index (χ1) is 12.4. The van der Waals surface area contributed by atoms with Crippen molar-refractivity contribution in [2.24, 2.45) is 0 Å². The van der Waals surface area contributed by atoms with Crippen molar-refractivity contribution in [2.45, 2.75) is 25.3 Å². The normalized spacial score (nSPS) is 11.2. The fourth-order valence-electron chi connectivity index (χ4n) is 2.32. The molecule has 0 saturated heterocycles. The summed E-state index contributed by atoms with van der Waals surface area (Å²) in [4.78, 5) is 11.9. The maximum absolute atomic E-state index is 13.0. The number of aryl methyl sites for hydroxylation is 1. The van der Waals surface area contributed by atoms with Crippen LogP contribution in [0, 0.1) is 18.3 Å². The Hall–Kier alpha value is -2.69. The molecule has 0 aliphatic carbocycles. The van der Waals surface area contributed by atoms with Gasteiger partial charge in [-0.3, -0.25) is 4.79 Å². The number of hydrogen-bond donors (Lipinski definition) is 0. The van der Waals surface area contributed by atoms with Crippen LogP contribution in [0.25, 0.3) is 0 Å². The van der Waals surface area contributed by atoms with Crippen molar-refractivity contribution < 1.29 is 17.9 Å². The Morgan fingerprint density at radius 2 is 1.73 bits per heavy atom. The number of carbonyl (C=O) groups excluding carboxylic acids is 1. The highest BCUT2D eigenvalue weighted by Gasteiger charge is 2.27. The Balaban J connectivity index is 2.35. The van der Waals surface area contributed by atoms with E-state index in [-0.39, 0.29) is 24.6 Å². The molecule has 0 aliphatic rings. The van der Waals surface area contributed by atoms with Gasteiger partial charge in [0.25, 0.3) is 0 Å². The van der Waals surface area contributed by atoms with Gasteiger partial charge in [0.2, 0.25) is 10.0 Å². The van der Waals surface area contributed by atoms with E-state index in [2.05, 4.69) is 0 Å². The lowest BCUT2D eigenvalue weighted by Crippen LogP contribution is -2.36. The van der Waals surface area contributed by atoms with Gasteiger partial charge >= 0.3 is 5.97 Å². The zero-order valence-electron chi connectivity index (χ0n) is 14.7. The first-order valence-corrected chi connectivity index (χ1v) is 9.52. The number of carbonyl (C=O) groups is 1. The molecule has 0 bridgehead atoms. The molecule has 2 rings (SSSR count). The van der Waals surface area contributed by atoms with E-state index in [1.807, 2.05) is 37.3 Å². The van der Waals surface area contributed by atoms with Gasteiger partial charge in [-0.2, -0.15) is 9.57 Å². The number of ether oxygens (including phenoxy) is 1. The fraction of sp³-hybridized carbons (Fsp3) is 0.263. The Morgan fingerprint density at radius 1 is 1.12 bits per heavy atom. The molecule has 0 N–H and O–H groups in total. The molecular weight excluding hydrogens is 352 g/mol. The highest BCUT2D eigenvalue weighted by molar-refractivity contribution is 7.89. The lowest BCUT2D eigenvalue weighted by atomic mass is 10.1. The van der Waals surface area contributed by atoms with Crippen molar-refractivity contribution >= 4 is 16.0 Å². The average Bonchev–Trinajstić information content (AvgIpc) is 2.63.